The summed E-state index contributed by atoms with van der Waals surface area (Å²) in [6.45, 7) is 5.74. The number of benzene rings is 2. The zero-order valence-electron chi connectivity index (χ0n) is 16.3. The molecule has 1 N–H and O–H groups in total. The monoisotopic (exact) mass is 375 g/mol. The van der Waals surface area contributed by atoms with Crippen molar-refractivity contribution in [1.29, 1.82) is 0 Å². The van der Waals surface area contributed by atoms with Crippen molar-refractivity contribution in [1.82, 2.24) is 9.88 Å². The molecule has 0 bridgehead atoms. The molecule has 0 fully saturated rings. The van der Waals surface area contributed by atoms with Crippen LogP contribution in [0.3, 0.4) is 0 Å². The largest absolute Gasteiger partial charge is 0.492 e. The molecule has 0 unspecified atom stereocenters. The minimum absolute atomic E-state index is 0.0277. The van der Waals surface area contributed by atoms with E-state index in [0.717, 1.165) is 17.0 Å². The number of nitrogens with one attached hydrogen (secondary N) is 1. The molecule has 5 heteroatoms. The van der Waals surface area contributed by atoms with Gasteiger partial charge in [-0.1, -0.05) is 42.5 Å². The Hall–Kier alpha value is -3.34. The highest BCUT2D eigenvalue weighted by Crippen LogP contribution is 2.26. The minimum Gasteiger partial charge on any atom is -0.492 e. The third kappa shape index (κ3) is 4.88. The Balaban J connectivity index is 1.70. The van der Waals surface area contributed by atoms with Crippen molar-refractivity contribution in [3.05, 3.63) is 84.1 Å². The molecule has 0 saturated heterocycles. The lowest BCUT2D eigenvalue weighted by molar-refractivity contribution is 0.0752. The van der Waals surface area contributed by atoms with Crippen LogP contribution in [-0.2, 0) is 6.54 Å². The normalized spacial score (nSPS) is 10.4. The van der Waals surface area contributed by atoms with Gasteiger partial charge in [0.1, 0.15) is 11.6 Å². The van der Waals surface area contributed by atoms with E-state index in [1.165, 1.54) is 0 Å². The number of hydrogen-bond acceptors (Lipinski definition) is 4. The average molecular weight is 375 g/mol. The number of ether oxygens (including phenoxy) is 1. The Labute approximate surface area is 166 Å². The molecule has 0 aliphatic rings. The Morgan fingerprint density at radius 2 is 1.75 bits per heavy atom. The highest BCUT2D eigenvalue weighted by molar-refractivity contribution is 5.94. The fourth-order valence-electron chi connectivity index (χ4n) is 2.90. The molecule has 144 valence electrons. The standard InChI is InChI=1S/C23H25N3O2/c1-3-26(17-18-10-6-5-7-11-18)23(27)19-14-15-22(24-16-19)25-20-12-8-9-13-21(20)28-4-2/h5-16H,3-4,17H2,1-2H3,(H,24,25). The van der Waals surface area contributed by atoms with E-state index in [1.54, 1.807) is 12.3 Å². The lowest BCUT2D eigenvalue weighted by atomic mass is 10.2. The number of carbonyl (C=O) groups is 1. The van der Waals surface area contributed by atoms with Crippen LogP contribution in [0.25, 0.3) is 0 Å². The molecule has 28 heavy (non-hydrogen) atoms. The van der Waals surface area contributed by atoms with Crippen LogP contribution in [0.15, 0.2) is 72.9 Å². The number of hydrogen-bond donors (Lipinski definition) is 1. The second kappa shape index (κ2) is 9.55. The van der Waals surface area contributed by atoms with Crippen LogP contribution in [0.4, 0.5) is 11.5 Å². The first-order valence-electron chi connectivity index (χ1n) is 9.49. The smallest absolute Gasteiger partial charge is 0.255 e. The van der Waals surface area contributed by atoms with Gasteiger partial charge in [0.2, 0.25) is 0 Å². The Bertz CT molecular complexity index is 895. The summed E-state index contributed by atoms with van der Waals surface area (Å²) in [4.78, 5) is 19.0. The maximum absolute atomic E-state index is 12.8. The third-order valence-electron chi connectivity index (χ3n) is 4.35. The van der Waals surface area contributed by atoms with Gasteiger partial charge in [0.05, 0.1) is 17.9 Å². The molecule has 1 aromatic heterocycles. The van der Waals surface area contributed by atoms with Gasteiger partial charge in [-0.05, 0) is 43.7 Å². The number of carbonyl (C=O) groups excluding carboxylic acids is 1. The highest BCUT2D eigenvalue weighted by Gasteiger charge is 2.15. The summed E-state index contributed by atoms with van der Waals surface area (Å²) in [7, 11) is 0. The summed E-state index contributed by atoms with van der Waals surface area (Å²) in [6, 6.07) is 21.3. The van der Waals surface area contributed by atoms with Crippen molar-refractivity contribution in [2.45, 2.75) is 20.4 Å². The van der Waals surface area contributed by atoms with Crippen LogP contribution in [-0.4, -0.2) is 28.9 Å². The number of anilines is 2. The minimum atomic E-state index is -0.0277. The molecule has 1 amide bonds. The van der Waals surface area contributed by atoms with Gasteiger partial charge in [-0.2, -0.15) is 0 Å². The van der Waals surface area contributed by atoms with Crippen LogP contribution in [0.2, 0.25) is 0 Å². The van der Waals surface area contributed by atoms with Gasteiger partial charge in [0.15, 0.2) is 0 Å². The van der Waals surface area contributed by atoms with Gasteiger partial charge in [-0.25, -0.2) is 4.98 Å². The molecule has 5 nitrogen and oxygen atoms in total. The molecule has 3 aromatic rings. The quantitative estimate of drug-likeness (QED) is 0.609. The van der Waals surface area contributed by atoms with E-state index in [-0.39, 0.29) is 5.91 Å². The van der Waals surface area contributed by atoms with Crippen LogP contribution in [0, 0.1) is 0 Å². The molecule has 3 rings (SSSR count). The van der Waals surface area contributed by atoms with E-state index in [2.05, 4.69) is 10.3 Å². The van der Waals surface area contributed by atoms with Gasteiger partial charge >= 0.3 is 0 Å². The number of aromatic nitrogens is 1. The van der Waals surface area contributed by atoms with E-state index in [4.69, 9.17) is 4.74 Å². The summed E-state index contributed by atoms with van der Waals surface area (Å²) in [6.07, 6.45) is 1.61. The van der Waals surface area contributed by atoms with Gasteiger partial charge in [-0.3, -0.25) is 4.79 Å². The molecule has 1 heterocycles. The average Bonchev–Trinajstić information content (AvgIpc) is 2.74. The van der Waals surface area contributed by atoms with Crippen molar-refractivity contribution < 1.29 is 9.53 Å². The molecule has 0 aliphatic carbocycles. The van der Waals surface area contributed by atoms with Crippen molar-refractivity contribution >= 4 is 17.4 Å². The first-order valence-corrected chi connectivity index (χ1v) is 9.49. The molecule has 0 saturated carbocycles. The Kier molecular flexibility index (Phi) is 6.63. The van der Waals surface area contributed by atoms with Crippen LogP contribution in [0.5, 0.6) is 5.75 Å². The van der Waals surface area contributed by atoms with E-state index < -0.39 is 0 Å². The molecule has 0 atom stereocenters. The zero-order valence-corrected chi connectivity index (χ0v) is 16.3. The summed E-state index contributed by atoms with van der Waals surface area (Å²) >= 11 is 0. The summed E-state index contributed by atoms with van der Waals surface area (Å²) in [5, 5.41) is 3.25. The van der Waals surface area contributed by atoms with Crippen molar-refractivity contribution in [2.24, 2.45) is 0 Å². The number of pyridine rings is 1. The van der Waals surface area contributed by atoms with Crippen molar-refractivity contribution in [3.8, 4) is 5.75 Å². The fourth-order valence-corrected chi connectivity index (χ4v) is 2.90. The summed E-state index contributed by atoms with van der Waals surface area (Å²) in [5.41, 5.74) is 2.52. The summed E-state index contributed by atoms with van der Waals surface area (Å²) in [5.74, 6) is 1.40. The predicted molar refractivity (Wildman–Crippen MR) is 112 cm³/mol. The number of rotatable bonds is 8. The third-order valence-corrected chi connectivity index (χ3v) is 4.35. The maximum atomic E-state index is 12.8. The number of nitrogens with zero attached hydrogens (tertiary/aromatic N) is 2. The van der Waals surface area contributed by atoms with E-state index in [1.807, 2.05) is 79.4 Å². The number of amides is 1. The van der Waals surface area contributed by atoms with E-state index in [0.29, 0.717) is 31.1 Å². The van der Waals surface area contributed by atoms with Crippen LogP contribution in [0.1, 0.15) is 29.8 Å². The molecular formula is C23H25N3O2. The molecule has 0 aliphatic heterocycles. The SMILES string of the molecule is CCOc1ccccc1Nc1ccc(C(=O)N(CC)Cc2ccccc2)cn1. The molecule has 0 spiro atoms. The molecule has 0 radical (unpaired) electrons. The van der Waals surface area contributed by atoms with Gasteiger partial charge < -0.3 is 15.0 Å². The second-order valence-corrected chi connectivity index (χ2v) is 6.29. The van der Waals surface area contributed by atoms with Gasteiger partial charge in [0.25, 0.3) is 5.91 Å². The molecule has 2 aromatic carbocycles. The zero-order chi connectivity index (χ0) is 19.8. The van der Waals surface area contributed by atoms with Crippen molar-refractivity contribution in [3.63, 3.8) is 0 Å². The predicted octanol–water partition coefficient (Wildman–Crippen LogP) is 4.89. The van der Waals surface area contributed by atoms with Crippen LogP contribution >= 0.6 is 0 Å². The Morgan fingerprint density at radius 3 is 2.43 bits per heavy atom. The lowest BCUT2D eigenvalue weighted by Crippen LogP contribution is -2.30. The molecular weight excluding hydrogens is 350 g/mol. The maximum Gasteiger partial charge on any atom is 0.255 e. The van der Waals surface area contributed by atoms with E-state index >= 15 is 0 Å². The number of para-hydroxylation sites is 2. The highest BCUT2D eigenvalue weighted by atomic mass is 16.5. The van der Waals surface area contributed by atoms with Crippen molar-refractivity contribution in [2.75, 3.05) is 18.5 Å². The van der Waals surface area contributed by atoms with Gasteiger partial charge in [0, 0.05) is 19.3 Å². The topological polar surface area (TPSA) is 54.5 Å². The van der Waals surface area contributed by atoms with Crippen LogP contribution < -0.4 is 10.1 Å². The summed E-state index contributed by atoms with van der Waals surface area (Å²) < 4.78 is 5.62. The van der Waals surface area contributed by atoms with E-state index in [9.17, 15) is 4.79 Å². The Morgan fingerprint density at radius 1 is 1.00 bits per heavy atom. The first-order chi connectivity index (χ1) is 13.7. The first kappa shape index (κ1) is 19.4. The lowest BCUT2D eigenvalue weighted by Gasteiger charge is -2.21. The fraction of sp³-hybridized carbons (Fsp3) is 0.217. The second-order valence-electron chi connectivity index (χ2n) is 6.29. The van der Waals surface area contributed by atoms with Gasteiger partial charge in [-0.15, -0.1) is 0 Å².